The van der Waals surface area contributed by atoms with Gasteiger partial charge in [0, 0.05) is 6.04 Å². The van der Waals surface area contributed by atoms with Gasteiger partial charge < -0.3 is 5.32 Å². The van der Waals surface area contributed by atoms with E-state index >= 15 is 0 Å². The first kappa shape index (κ1) is 10.00. The van der Waals surface area contributed by atoms with Crippen LogP contribution in [0.15, 0.2) is 0 Å². The summed E-state index contributed by atoms with van der Waals surface area (Å²) < 4.78 is 2.11. The van der Waals surface area contributed by atoms with Crippen LogP contribution in [0.2, 0.25) is 0 Å². The smallest absolute Gasteiger partial charge is 0.165 e. The third kappa shape index (κ3) is 1.76. The minimum absolute atomic E-state index is 0.583. The van der Waals surface area contributed by atoms with Crippen molar-refractivity contribution in [2.24, 2.45) is 11.8 Å². The molecule has 0 amide bonds. The van der Waals surface area contributed by atoms with E-state index < -0.39 is 0 Å². The van der Waals surface area contributed by atoms with E-state index in [1.807, 2.05) is 0 Å². The molecule has 0 aliphatic heterocycles. The van der Waals surface area contributed by atoms with Gasteiger partial charge in [0.15, 0.2) is 5.82 Å². The summed E-state index contributed by atoms with van der Waals surface area (Å²) in [6.45, 7) is 0.839. The Labute approximate surface area is 101 Å². The zero-order valence-electron chi connectivity index (χ0n) is 10.0. The predicted octanol–water partition coefficient (Wildman–Crippen LogP) is 1.29. The van der Waals surface area contributed by atoms with Crippen LogP contribution in [0.1, 0.15) is 50.4 Å². The van der Waals surface area contributed by atoms with Gasteiger partial charge in [-0.05, 0) is 54.4 Å². The van der Waals surface area contributed by atoms with Gasteiger partial charge in [-0.25, -0.2) is 4.68 Å². The van der Waals surface area contributed by atoms with E-state index in [9.17, 15) is 0 Å². The Morgan fingerprint density at radius 1 is 1.18 bits per heavy atom. The monoisotopic (exact) mass is 233 g/mol. The number of hydrogen-bond donors (Lipinski definition) is 1. The summed E-state index contributed by atoms with van der Waals surface area (Å²) in [5.74, 6) is 2.82. The third-order valence-electron chi connectivity index (χ3n) is 4.70. The summed E-state index contributed by atoms with van der Waals surface area (Å²) >= 11 is 0. The Hall–Kier alpha value is -0.970. The van der Waals surface area contributed by atoms with Crippen LogP contribution >= 0.6 is 0 Å². The van der Waals surface area contributed by atoms with Gasteiger partial charge in [-0.1, -0.05) is 6.42 Å². The molecule has 3 atom stereocenters. The van der Waals surface area contributed by atoms with Gasteiger partial charge in [0.25, 0.3) is 0 Å². The van der Waals surface area contributed by atoms with Crippen molar-refractivity contribution in [1.82, 2.24) is 25.5 Å². The maximum atomic E-state index is 4.23. The zero-order valence-corrected chi connectivity index (χ0v) is 10.0. The van der Waals surface area contributed by atoms with E-state index in [0.717, 1.165) is 30.2 Å². The second kappa shape index (κ2) is 3.77. The lowest BCUT2D eigenvalue weighted by Gasteiger charge is -2.22. The lowest BCUT2D eigenvalue weighted by atomic mass is 9.95. The van der Waals surface area contributed by atoms with Crippen molar-refractivity contribution in [2.45, 2.75) is 57.2 Å². The topological polar surface area (TPSA) is 55.6 Å². The Bertz CT molecular complexity index is 411. The van der Waals surface area contributed by atoms with Gasteiger partial charge in [0.1, 0.15) is 0 Å². The first-order valence-corrected chi connectivity index (χ1v) is 6.90. The summed E-state index contributed by atoms with van der Waals surface area (Å²) in [6.07, 6.45) is 8.14. The van der Waals surface area contributed by atoms with E-state index in [4.69, 9.17) is 0 Å². The molecule has 3 unspecified atom stereocenters. The lowest BCUT2D eigenvalue weighted by Crippen LogP contribution is -2.24. The van der Waals surface area contributed by atoms with E-state index in [-0.39, 0.29) is 0 Å². The molecule has 1 aromatic rings. The summed E-state index contributed by atoms with van der Waals surface area (Å²) in [6, 6.07) is 1.31. The van der Waals surface area contributed by atoms with Crippen molar-refractivity contribution in [3.63, 3.8) is 0 Å². The molecule has 0 spiro atoms. The Morgan fingerprint density at radius 2 is 2.12 bits per heavy atom. The van der Waals surface area contributed by atoms with Crippen molar-refractivity contribution < 1.29 is 0 Å². The van der Waals surface area contributed by atoms with Crippen molar-refractivity contribution in [3.05, 3.63) is 5.82 Å². The molecule has 3 fully saturated rings. The zero-order chi connectivity index (χ0) is 11.2. The van der Waals surface area contributed by atoms with Gasteiger partial charge >= 0.3 is 0 Å². The predicted molar refractivity (Wildman–Crippen MR) is 62.2 cm³/mol. The van der Waals surface area contributed by atoms with Crippen molar-refractivity contribution in [3.8, 4) is 0 Å². The highest BCUT2D eigenvalue weighted by Crippen LogP contribution is 2.50. The molecule has 2 bridgehead atoms. The molecule has 92 valence electrons. The standard InChI is InChI=1S/C12H19N5/c1-2-9-5-8(1)6-11(9)17-12(14-15-16-17)7-13-10-3-4-10/h8-11,13H,1-7H2. The molecule has 3 aliphatic rings. The Balaban J connectivity index is 1.50. The van der Waals surface area contributed by atoms with Gasteiger partial charge in [-0.3, -0.25) is 0 Å². The minimum atomic E-state index is 0.583. The molecule has 1 N–H and O–H groups in total. The SMILES string of the molecule is C(NC1CC1)c1nnnn1C1CC2CCC1C2. The molecule has 0 saturated heterocycles. The average molecular weight is 233 g/mol. The van der Waals surface area contributed by atoms with Crippen LogP contribution < -0.4 is 5.32 Å². The molecule has 0 radical (unpaired) electrons. The van der Waals surface area contributed by atoms with Crippen LogP contribution in [0.3, 0.4) is 0 Å². The van der Waals surface area contributed by atoms with E-state index in [1.54, 1.807) is 0 Å². The van der Waals surface area contributed by atoms with E-state index in [2.05, 4.69) is 25.5 Å². The number of nitrogens with zero attached hydrogens (tertiary/aromatic N) is 4. The Kier molecular flexibility index (Phi) is 2.21. The number of aromatic nitrogens is 4. The first-order valence-electron chi connectivity index (χ1n) is 6.90. The normalized spacial score (nSPS) is 35.6. The fourth-order valence-corrected chi connectivity index (χ4v) is 3.62. The quantitative estimate of drug-likeness (QED) is 0.851. The van der Waals surface area contributed by atoms with Crippen molar-refractivity contribution >= 4 is 0 Å². The van der Waals surface area contributed by atoms with E-state index in [1.165, 1.54) is 38.5 Å². The molecular weight excluding hydrogens is 214 g/mol. The summed E-state index contributed by atoms with van der Waals surface area (Å²) in [5, 5.41) is 15.8. The number of tetrazole rings is 1. The maximum absolute atomic E-state index is 4.23. The number of fused-ring (bicyclic) bond motifs is 2. The molecule has 0 aromatic carbocycles. The van der Waals surface area contributed by atoms with Crippen LogP contribution in [-0.2, 0) is 6.54 Å². The van der Waals surface area contributed by atoms with Crippen LogP contribution in [0.25, 0.3) is 0 Å². The van der Waals surface area contributed by atoms with Crippen LogP contribution in [0.5, 0.6) is 0 Å². The second-order valence-corrected chi connectivity index (χ2v) is 5.94. The van der Waals surface area contributed by atoms with Gasteiger partial charge in [0.05, 0.1) is 12.6 Å². The highest BCUT2D eigenvalue weighted by atomic mass is 15.6. The Morgan fingerprint density at radius 3 is 2.82 bits per heavy atom. The summed E-state index contributed by atoms with van der Waals surface area (Å²) in [7, 11) is 0. The molecular formula is C12H19N5. The fourth-order valence-electron chi connectivity index (χ4n) is 3.62. The molecule has 5 heteroatoms. The molecule has 1 heterocycles. The minimum Gasteiger partial charge on any atom is -0.307 e. The number of hydrogen-bond acceptors (Lipinski definition) is 4. The number of nitrogens with one attached hydrogen (secondary N) is 1. The highest BCUT2D eigenvalue weighted by molar-refractivity contribution is 4.97. The molecule has 1 aromatic heterocycles. The van der Waals surface area contributed by atoms with E-state index in [0.29, 0.717) is 6.04 Å². The highest BCUT2D eigenvalue weighted by Gasteiger charge is 2.41. The first-order chi connectivity index (χ1) is 8.40. The molecule has 3 saturated carbocycles. The number of rotatable bonds is 4. The molecule has 3 aliphatic carbocycles. The van der Waals surface area contributed by atoms with Gasteiger partial charge in [-0.15, -0.1) is 5.10 Å². The van der Waals surface area contributed by atoms with Crippen LogP contribution in [0, 0.1) is 11.8 Å². The van der Waals surface area contributed by atoms with Gasteiger partial charge in [-0.2, -0.15) is 0 Å². The molecule has 17 heavy (non-hydrogen) atoms. The third-order valence-corrected chi connectivity index (χ3v) is 4.70. The lowest BCUT2D eigenvalue weighted by molar-refractivity contribution is 0.293. The van der Waals surface area contributed by atoms with Crippen molar-refractivity contribution in [1.29, 1.82) is 0 Å². The largest absolute Gasteiger partial charge is 0.307 e. The van der Waals surface area contributed by atoms with Crippen LogP contribution in [-0.4, -0.2) is 26.2 Å². The molecule has 5 nitrogen and oxygen atoms in total. The van der Waals surface area contributed by atoms with Crippen molar-refractivity contribution in [2.75, 3.05) is 0 Å². The summed E-state index contributed by atoms with van der Waals surface area (Å²) in [5.41, 5.74) is 0. The average Bonchev–Trinajstić information content (AvgIpc) is 2.81. The fraction of sp³-hybridized carbons (Fsp3) is 0.917. The summed E-state index contributed by atoms with van der Waals surface area (Å²) in [4.78, 5) is 0. The van der Waals surface area contributed by atoms with Crippen LogP contribution in [0.4, 0.5) is 0 Å². The maximum Gasteiger partial charge on any atom is 0.165 e. The molecule has 4 rings (SSSR count). The van der Waals surface area contributed by atoms with Gasteiger partial charge in [0.2, 0.25) is 0 Å². The second-order valence-electron chi connectivity index (χ2n) is 5.94.